The minimum Gasteiger partial charge on any atom is -0.506 e. The number of alkyl halides is 3. The number of aromatic hydroxyl groups is 1. The Kier molecular flexibility index (Phi) is 7.45. The van der Waals surface area contributed by atoms with Gasteiger partial charge in [0, 0.05) is 44.2 Å². The quantitative estimate of drug-likeness (QED) is 0.801. The molecule has 0 radical (unpaired) electrons. The van der Waals surface area contributed by atoms with Crippen molar-refractivity contribution in [2.45, 2.75) is 25.1 Å². The summed E-state index contributed by atoms with van der Waals surface area (Å²) >= 11 is 3.23. The molecule has 2 rings (SSSR count). The van der Waals surface area contributed by atoms with E-state index in [1.165, 1.54) is 0 Å². The molecule has 22 heavy (non-hydrogen) atoms. The number of phenolic OH excluding ortho intramolecular Hbond substituents is 1. The van der Waals surface area contributed by atoms with Crippen molar-refractivity contribution in [1.82, 2.24) is 10.2 Å². The number of piperazine rings is 1. The normalized spacial score (nSPS) is 17.8. The molecule has 0 aliphatic carbocycles. The van der Waals surface area contributed by atoms with Crippen LogP contribution >= 0.6 is 28.3 Å². The third-order valence-corrected chi connectivity index (χ3v) is 4.31. The van der Waals surface area contributed by atoms with Crippen molar-refractivity contribution >= 4 is 28.3 Å². The Morgan fingerprint density at radius 3 is 2.50 bits per heavy atom. The molecule has 0 bridgehead atoms. The average molecular weight is 404 g/mol. The summed E-state index contributed by atoms with van der Waals surface area (Å²) in [5.74, 6) is 0.0307. The lowest BCUT2D eigenvalue weighted by Gasteiger charge is -2.35. The number of nitrogens with one attached hydrogen (secondary N) is 1. The van der Waals surface area contributed by atoms with Gasteiger partial charge in [-0.2, -0.15) is 13.2 Å². The average Bonchev–Trinajstić information content (AvgIpc) is 2.43. The summed E-state index contributed by atoms with van der Waals surface area (Å²) in [4.78, 5) is 2.00. The summed E-state index contributed by atoms with van der Waals surface area (Å²) in [6, 6.07) is 4.69. The second kappa shape index (κ2) is 8.38. The Hall–Kier alpha value is -0.500. The zero-order valence-electron chi connectivity index (χ0n) is 11.9. The van der Waals surface area contributed by atoms with Crippen LogP contribution in [0.5, 0.6) is 5.75 Å². The molecular formula is C14H19BrClF3N2O. The predicted molar refractivity (Wildman–Crippen MR) is 85.5 cm³/mol. The van der Waals surface area contributed by atoms with E-state index in [0.29, 0.717) is 23.1 Å². The number of para-hydroxylation sites is 1. The van der Waals surface area contributed by atoms with Gasteiger partial charge in [-0.15, -0.1) is 12.4 Å². The van der Waals surface area contributed by atoms with Crippen LogP contribution in [0.3, 0.4) is 0 Å². The van der Waals surface area contributed by atoms with E-state index in [2.05, 4.69) is 21.2 Å². The lowest BCUT2D eigenvalue weighted by Crippen LogP contribution is -2.45. The highest BCUT2D eigenvalue weighted by Crippen LogP contribution is 2.38. The maximum absolute atomic E-state index is 12.6. The Labute approximate surface area is 142 Å². The van der Waals surface area contributed by atoms with Crippen molar-refractivity contribution in [1.29, 1.82) is 0 Å². The van der Waals surface area contributed by atoms with Crippen LogP contribution in [0.4, 0.5) is 13.2 Å². The van der Waals surface area contributed by atoms with Crippen LogP contribution in [0.15, 0.2) is 22.7 Å². The maximum Gasteiger partial charge on any atom is 0.389 e. The van der Waals surface area contributed by atoms with Crippen molar-refractivity contribution in [3.63, 3.8) is 0 Å². The van der Waals surface area contributed by atoms with Crippen molar-refractivity contribution in [3.05, 3.63) is 28.2 Å². The smallest absolute Gasteiger partial charge is 0.389 e. The van der Waals surface area contributed by atoms with E-state index in [-0.39, 0.29) is 24.6 Å². The Bertz CT molecular complexity index is 482. The van der Waals surface area contributed by atoms with Gasteiger partial charge in [0.05, 0.1) is 4.47 Å². The van der Waals surface area contributed by atoms with Crippen LogP contribution in [0.1, 0.15) is 24.4 Å². The lowest BCUT2D eigenvalue weighted by atomic mass is 9.98. The van der Waals surface area contributed by atoms with Gasteiger partial charge in [0.2, 0.25) is 0 Å². The van der Waals surface area contributed by atoms with Crippen molar-refractivity contribution < 1.29 is 18.3 Å². The van der Waals surface area contributed by atoms with Gasteiger partial charge in [-0.25, -0.2) is 0 Å². The van der Waals surface area contributed by atoms with E-state index in [4.69, 9.17) is 0 Å². The van der Waals surface area contributed by atoms with Crippen molar-refractivity contribution in [3.8, 4) is 5.75 Å². The maximum atomic E-state index is 12.6. The Morgan fingerprint density at radius 2 is 1.91 bits per heavy atom. The monoisotopic (exact) mass is 402 g/mol. The van der Waals surface area contributed by atoms with E-state index in [0.717, 1.165) is 13.1 Å². The molecule has 0 saturated carbocycles. The van der Waals surface area contributed by atoms with Crippen LogP contribution in [-0.4, -0.2) is 42.4 Å². The highest BCUT2D eigenvalue weighted by Gasteiger charge is 2.32. The van der Waals surface area contributed by atoms with E-state index in [9.17, 15) is 18.3 Å². The molecule has 2 N–H and O–H groups in total. The van der Waals surface area contributed by atoms with Gasteiger partial charge in [-0.05, 0) is 28.4 Å². The molecular weight excluding hydrogens is 385 g/mol. The highest BCUT2D eigenvalue weighted by atomic mass is 79.9. The van der Waals surface area contributed by atoms with E-state index in [1.807, 2.05) is 4.90 Å². The Morgan fingerprint density at radius 1 is 1.27 bits per heavy atom. The number of hydrogen-bond acceptors (Lipinski definition) is 3. The van der Waals surface area contributed by atoms with Gasteiger partial charge >= 0.3 is 6.18 Å². The molecule has 1 aliphatic heterocycles. The first-order chi connectivity index (χ1) is 9.88. The first-order valence-electron chi connectivity index (χ1n) is 6.87. The molecule has 1 aromatic rings. The molecule has 1 fully saturated rings. The minimum atomic E-state index is -4.19. The van der Waals surface area contributed by atoms with E-state index in [1.54, 1.807) is 18.2 Å². The molecule has 1 atom stereocenters. The second-order valence-corrected chi connectivity index (χ2v) is 5.99. The SMILES string of the molecule is Cl.Oc1c(Br)cccc1[C@@H](CCC(F)(F)F)N1CCNCC1. The van der Waals surface area contributed by atoms with Gasteiger partial charge in [0.25, 0.3) is 0 Å². The van der Waals surface area contributed by atoms with Crippen LogP contribution < -0.4 is 5.32 Å². The second-order valence-electron chi connectivity index (χ2n) is 5.13. The first kappa shape index (κ1) is 19.5. The predicted octanol–water partition coefficient (Wildman–Crippen LogP) is 3.87. The third kappa shape index (κ3) is 5.30. The van der Waals surface area contributed by atoms with Crippen molar-refractivity contribution in [2.24, 2.45) is 0 Å². The van der Waals surface area contributed by atoms with Crippen LogP contribution in [0, 0.1) is 0 Å². The van der Waals surface area contributed by atoms with E-state index >= 15 is 0 Å². The van der Waals surface area contributed by atoms with Gasteiger partial charge in [-0.1, -0.05) is 12.1 Å². The van der Waals surface area contributed by atoms with E-state index < -0.39 is 18.6 Å². The zero-order chi connectivity index (χ0) is 15.5. The van der Waals surface area contributed by atoms with Gasteiger partial charge in [0.15, 0.2) is 0 Å². The summed E-state index contributed by atoms with van der Waals surface area (Å²) in [5, 5.41) is 13.3. The standard InChI is InChI=1S/C14H18BrF3N2O.ClH/c15-11-3-1-2-10(13(11)21)12(4-5-14(16,17)18)20-8-6-19-7-9-20;/h1-3,12,19,21H,4-9H2;1H/t12-;/m1./s1. The molecule has 1 aliphatic rings. The fourth-order valence-corrected chi connectivity index (χ4v) is 3.01. The molecule has 0 aromatic heterocycles. The fraction of sp³-hybridized carbons (Fsp3) is 0.571. The number of benzene rings is 1. The first-order valence-corrected chi connectivity index (χ1v) is 7.66. The number of hydrogen-bond donors (Lipinski definition) is 2. The van der Waals surface area contributed by atoms with Crippen LogP contribution in [0.2, 0.25) is 0 Å². The largest absolute Gasteiger partial charge is 0.506 e. The molecule has 0 unspecified atom stereocenters. The lowest BCUT2D eigenvalue weighted by molar-refractivity contribution is -0.138. The molecule has 126 valence electrons. The Balaban J connectivity index is 0.00000242. The molecule has 0 amide bonds. The summed E-state index contributed by atoms with van der Waals surface area (Å²) in [7, 11) is 0. The summed E-state index contributed by atoms with van der Waals surface area (Å²) < 4.78 is 38.2. The minimum absolute atomic E-state index is 0. The number of halogens is 5. The molecule has 3 nitrogen and oxygen atoms in total. The molecule has 0 spiro atoms. The molecule has 8 heteroatoms. The summed E-state index contributed by atoms with van der Waals surface area (Å²) in [6.45, 7) is 2.84. The molecule has 1 aromatic carbocycles. The highest BCUT2D eigenvalue weighted by molar-refractivity contribution is 9.10. The zero-order valence-corrected chi connectivity index (χ0v) is 14.3. The topological polar surface area (TPSA) is 35.5 Å². The van der Waals surface area contributed by atoms with Gasteiger partial charge in [0.1, 0.15) is 5.75 Å². The van der Waals surface area contributed by atoms with Crippen LogP contribution in [-0.2, 0) is 0 Å². The van der Waals surface area contributed by atoms with Gasteiger partial charge in [-0.3, -0.25) is 4.90 Å². The summed E-state index contributed by atoms with van der Waals surface area (Å²) in [6.07, 6.45) is -5.09. The molecule has 1 saturated heterocycles. The van der Waals surface area contributed by atoms with Crippen molar-refractivity contribution in [2.75, 3.05) is 26.2 Å². The number of rotatable bonds is 4. The van der Waals surface area contributed by atoms with Gasteiger partial charge < -0.3 is 10.4 Å². The van der Waals surface area contributed by atoms with Crippen LogP contribution in [0.25, 0.3) is 0 Å². The number of nitrogens with zero attached hydrogens (tertiary/aromatic N) is 1. The molecule has 1 heterocycles. The third-order valence-electron chi connectivity index (χ3n) is 3.67. The fourth-order valence-electron chi connectivity index (χ4n) is 2.63. The number of phenols is 1. The summed E-state index contributed by atoms with van der Waals surface area (Å²) in [5.41, 5.74) is 0.551.